The lowest BCUT2D eigenvalue weighted by Gasteiger charge is -2.11. The van der Waals surface area contributed by atoms with E-state index in [1.54, 1.807) is 42.5 Å². The molecule has 0 spiro atoms. The molecule has 22 heavy (non-hydrogen) atoms. The van der Waals surface area contributed by atoms with E-state index < -0.39 is 5.91 Å². The van der Waals surface area contributed by atoms with Gasteiger partial charge in [0.15, 0.2) is 0 Å². The van der Waals surface area contributed by atoms with Crippen LogP contribution in [0.4, 0.5) is 16.2 Å². The summed E-state index contributed by atoms with van der Waals surface area (Å²) < 4.78 is 5.16. The highest BCUT2D eigenvalue weighted by atomic mass is 16.5. The van der Waals surface area contributed by atoms with Gasteiger partial charge in [-0.1, -0.05) is 24.3 Å². The number of primary amides is 1. The van der Waals surface area contributed by atoms with E-state index >= 15 is 0 Å². The van der Waals surface area contributed by atoms with Gasteiger partial charge in [-0.3, -0.25) is 4.79 Å². The molecule has 2 aromatic carbocycles. The summed E-state index contributed by atoms with van der Waals surface area (Å²) in [5.41, 5.74) is 7.11. The molecule has 0 aliphatic heterocycles. The SMILES string of the molecule is COc1ccccc1NC(=O)Nc1ccc(CC(N)=O)cc1. The summed E-state index contributed by atoms with van der Waals surface area (Å²) in [6.07, 6.45) is 0.174. The van der Waals surface area contributed by atoms with Crippen LogP contribution in [-0.4, -0.2) is 19.0 Å². The molecule has 0 radical (unpaired) electrons. The number of carbonyl (C=O) groups excluding carboxylic acids is 2. The van der Waals surface area contributed by atoms with Gasteiger partial charge in [0.25, 0.3) is 0 Å². The molecule has 0 unspecified atom stereocenters. The minimum Gasteiger partial charge on any atom is -0.495 e. The van der Waals surface area contributed by atoms with Crippen molar-refractivity contribution in [1.82, 2.24) is 0 Å². The van der Waals surface area contributed by atoms with Crippen LogP contribution >= 0.6 is 0 Å². The minimum atomic E-state index is -0.394. The zero-order valence-corrected chi connectivity index (χ0v) is 12.1. The molecular weight excluding hydrogens is 282 g/mol. The second kappa shape index (κ2) is 7.12. The first kappa shape index (κ1) is 15.4. The molecule has 0 saturated heterocycles. The van der Waals surface area contributed by atoms with Crippen molar-refractivity contribution in [2.24, 2.45) is 5.73 Å². The van der Waals surface area contributed by atoms with Gasteiger partial charge in [0.05, 0.1) is 19.2 Å². The van der Waals surface area contributed by atoms with Crippen molar-refractivity contribution in [3.63, 3.8) is 0 Å². The van der Waals surface area contributed by atoms with Crippen LogP contribution in [0.25, 0.3) is 0 Å². The first-order valence-corrected chi connectivity index (χ1v) is 6.67. The van der Waals surface area contributed by atoms with Crippen molar-refractivity contribution in [2.75, 3.05) is 17.7 Å². The Morgan fingerprint density at radius 3 is 2.36 bits per heavy atom. The van der Waals surface area contributed by atoms with E-state index in [0.717, 1.165) is 5.56 Å². The van der Waals surface area contributed by atoms with Crippen LogP contribution in [0.1, 0.15) is 5.56 Å². The Balaban J connectivity index is 1.98. The molecule has 6 nitrogen and oxygen atoms in total. The summed E-state index contributed by atoms with van der Waals surface area (Å²) in [6.45, 7) is 0. The predicted octanol–water partition coefficient (Wildman–Crippen LogP) is 2.37. The van der Waals surface area contributed by atoms with Crippen LogP contribution < -0.4 is 21.1 Å². The number of hydrogen-bond acceptors (Lipinski definition) is 3. The average molecular weight is 299 g/mol. The summed E-state index contributed by atoms with van der Waals surface area (Å²) in [5, 5.41) is 5.41. The second-order valence-corrected chi connectivity index (χ2v) is 4.62. The van der Waals surface area contributed by atoms with Crippen LogP contribution in [0.5, 0.6) is 5.75 Å². The number of anilines is 2. The molecule has 2 aromatic rings. The van der Waals surface area contributed by atoms with Crippen molar-refractivity contribution >= 4 is 23.3 Å². The highest BCUT2D eigenvalue weighted by Gasteiger charge is 2.07. The standard InChI is InChI=1S/C16H17N3O3/c1-22-14-5-3-2-4-13(14)19-16(21)18-12-8-6-11(7-9-12)10-15(17)20/h2-9H,10H2,1H3,(H2,17,20)(H2,18,19,21). The van der Waals surface area contributed by atoms with E-state index in [0.29, 0.717) is 17.1 Å². The van der Waals surface area contributed by atoms with Crippen LogP contribution in [-0.2, 0) is 11.2 Å². The van der Waals surface area contributed by atoms with E-state index in [1.165, 1.54) is 7.11 Å². The Kier molecular flexibility index (Phi) is 4.98. The molecule has 6 heteroatoms. The normalized spacial score (nSPS) is 9.86. The minimum absolute atomic E-state index is 0.174. The highest BCUT2D eigenvalue weighted by molar-refractivity contribution is 6.00. The van der Waals surface area contributed by atoms with E-state index in [-0.39, 0.29) is 12.5 Å². The maximum absolute atomic E-state index is 12.0. The zero-order valence-electron chi connectivity index (χ0n) is 12.1. The first-order valence-electron chi connectivity index (χ1n) is 6.67. The fourth-order valence-corrected chi connectivity index (χ4v) is 1.94. The lowest BCUT2D eigenvalue weighted by Crippen LogP contribution is -2.19. The highest BCUT2D eigenvalue weighted by Crippen LogP contribution is 2.23. The molecule has 4 N–H and O–H groups in total. The number of ether oxygens (including phenoxy) is 1. The quantitative estimate of drug-likeness (QED) is 0.791. The number of nitrogens with one attached hydrogen (secondary N) is 2. The third-order valence-electron chi connectivity index (χ3n) is 2.95. The molecule has 0 aliphatic rings. The smallest absolute Gasteiger partial charge is 0.323 e. The van der Waals surface area contributed by atoms with Crippen LogP contribution in [0.3, 0.4) is 0 Å². The third-order valence-corrected chi connectivity index (χ3v) is 2.95. The predicted molar refractivity (Wildman–Crippen MR) is 85.0 cm³/mol. The number of amides is 3. The number of para-hydroxylation sites is 2. The molecular formula is C16H17N3O3. The Morgan fingerprint density at radius 1 is 1.05 bits per heavy atom. The van der Waals surface area contributed by atoms with Gasteiger partial charge < -0.3 is 21.1 Å². The Bertz CT molecular complexity index is 669. The number of carbonyl (C=O) groups is 2. The van der Waals surface area contributed by atoms with Crippen LogP contribution in [0, 0.1) is 0 Å². The van der Waals surface area contributed by atoms with E-state index in [2.05, 4.69) is 10.6 Å². The Hall–Kier alpha value is -3.02. The summed E-state index contributed by atoms with van der Waals surface area (Å²) >= 11 is 0. The van der Waals surface area contributed by atoms with E-state index in [4.69, 9.17) is 10.5 Å². The topological polar surface area (TPSA) is 93.4 Å². The van der Waals surface area contributed by atoms with Crippen molar-refractivity contribution < 1.29 is 14.3 Å². The van der Waals surface area contributed by atoms with Crippen molar-refractivity contribution in [1.29, 1.82) is 0 Å². The molecule has 0 bridgehead atoms. The van der Waals surface area contributed by atoms with Gasteiger partial charge >= 0.3 is 6.03 Å². The molecule has 0 fully saturated rings. The van der Waals surface area contributed by atoms with Gasteiger partial charge in [0.2, 0.25) is 5.91 Å². The average Bonchev–Trinajstić information content (AvgIpc) is 2.49. The van der Waals surface area contributed by atoms with Crippen molar-refractivity contribution in [2.45, 2.75) is 6.42 Å². The lowest BCUT2D eigenvalue weighted by molar-refractivity contribution is -0.117. The molecule has 2 rings (SSSR count). The number of nitrogens with two attached hydrogens (primary N) is 1. The number of urea groups is 1. The van der Waals surface area contributed by atoms with Gasteiger partial charge in [-0.15, -0.1) is 0 Å². The summed E-state index contributed by atoms with van der Waals surface area (Å²) in [5.74, 6) is 0.184. The zero-order chi connectivity index (χ0) is 15.9. The van der Waals surface area contributed by atoms with Gasteiger partial charge in [-0.25, -0.2) is 4.79 Å². The number of rotatable bonds is 5. The fraction of sp³-hybridized carbons (Fsp3) is 0.125. The molecule has 0 atom stereocenters. The van der Waals surface area contributed by atoms with E-state index in [9.17, 15) is 9.59 Å². The largest absolute Gasteiger partial charge is 0.495 e. The third kappa shape index (κ3) is 4.24. The summed E-state index contributed by atoms with van der Waals surface area (Å²) in [6, 6.07) is 13.6. The van der Waals surface area contributed by atoms with Gasteiger partial charge in [-0.05, 0) is 29.8 Å². The van der Waals surface area contributed by atoms with Gasteiger partial charge in [0, 0.05) is 5.69 Å². The van der Waals surface area contributed by atoms with Crippen LogP contribution in [0.2, 0.25) is 0 Å². The molecule has 0 aromatic heterocycles. The Labute approximate surface area is 128 Å². The molecule has 114 valence electrons. The molecule has 3 amide bonds. The number of methoxy groups -OCH3 is 1. The molecule has 0 heterocycles. The number of hydrogen-bond donors (Lipinski definition) is 3. The number of benzene rings is 2. The second-order valence-electron chi connectivity index (χ2n) is 4.62. The summed E-state index contributed by atoms with van der Waals surface area (Å²) in [4.78, 5) is 22.8. The van der Waals surface area contributed by atoms with Crippen molar-refractivity contribution in [3.8, 4) is 5.75 Å². The lowest BCUT2D eigenvalue weighted by atomic mass is 10.1. The first-order chi connectivity index (χ1) is 10.6. The van der Waals surface area contributed by atoms with Gasteiger partial charge in [-0.2, -0.15) is 0 Å². The maximum Gasteiger partial charge on any atom is 0.323 e. The molecule has 0 saturated carbocycles. The monoisotopic (exact) mass is 299 g/mol. The fourth-order valence-electron chi connectivity index (χ4n) is 1.94. The van der Waals surface area contributed by atoms with Crippen LogP contribution in [0.15, 0.2) is 48.5 Å². The van der Waals surface area contributed by atoms with Crippen molar-refractivity contribution in [3.05, 3.63) is 54.1 Å². The Morgan fingerprint density at radius 2 is 1.73 bits per heavy atom. The van der Waals surface area contributed by atoms with Gasteiger partial charge in [0.1, 0.15) is 5.75 Å². The maximum atomic E-state index is 12.0. The molecule has 0 aliphatic carbocycles. The summed E-state index contributed by atoms with van der Waals surface area (Å²) in [7, 11) is 1.54. The van der Waals surface area contributed by atoms with E-state index in [1.807, 2.05) is 6.07 Å².